The highest BCUT2D eigenvalue weighted by Gasteiger charge is 2.32. The molecule has 0 saturated heterocycles. The number of thioether (sulfide) groups is 1. The summed E-state index contributed by atoms with van der Waals surface area (Å²) >= 11 is 1.46. The summed E-state index contributed by atoms with van der Waals surface area (Å²) in [6, 6.07) is 15.9. The zero-order valence-corrected chi connectivity index (χ0v) is 27.4. The molecule has 0 spiro atoms. The van der Waals surface area contributed by atoms with Crippen LogP contribution in [0.25, 0.3) is 10.8 Å². The van der Waals surface area contributed by atoms with E-state index < -0.39 is 45.9 Å². The summed E-state index contributed by atoms with van der Waals surface area (Å²) in [5.74, 6) is -2.04. The van der Waals surface area contributed by atoms with E-state index in [-0.39, 0.29) is 30.1 Å². The second-order valence-corrected chi connectivity index (χ2v) is 13.9. The third-order valence-corrected chi connectivity index (χ3v) is 9.27. The van der Waals surface area contributed by atoms with Crippen molar-refractivity contribution < 1.29 is 27.9 Å². The van der Waals surface area contributed by atoms with E-state index in [0.717, 1.165) is 16.6 Å². The number of anilines is 1. The van der Waals surface area contributed by atoms with Crippen LogP contribution in [0.1, 0.15) is 32.3 Å². The van der Waals surface area contributed by atoms with Crippen LogP contribution in [0.15, 0.2) is 71.6 Å². The van der Waals surface area contributed by atoms with Gasteiger partial charge in [-0.25, -0.2) is 13.2 Å². The number of amides is 2. The van der Waals surface area contributed by atoms with Crippen molar-refractivity contribution in [3.05, 3.63) is 72.3 Å². The van der Waals surface area contributed by atoms with Gasteiger partial charge in [0.05, 0.1) is 4.90 Å². The zero-order chi connectivity index (χ0) is 32.4. The summed E-state index contributed by atoms with van der Waals surface area (Å²) in [7, 11) is -0.413. The fourth-order valence-electron chi connectivity index (χ4n) is 4.92. The Kier molecular flexibility index (Phi) is 12.6. The number of carboxylic acids is 1. The van der Waals surface area contributed by atoms with Crippen molar-refractivity contribution in [2.45, 2.75) is 56.1 Å². The number of carbonyl (C=O) groups is 3. The number of aliphatic carboxylic acids is 1. The summed E-state index contributed by atoms with van der Waals surface area (Å²) in [6.45, 7) is 3.75. The predicted molar refractivity (Wildman–Crippen MR) is 176 cm³/mol. The highest BCUT2D eigenvalue weighted by molar-refractivity contribution is 7.98. The Bertz CT molecular complexity index is 1550. The van der Waals surface area contributed by atoms with Crippen LogP contribution in [0.4, 0.5) is 5.69 Å². The van der Waals surface area contributed by atoms with E-state index in [1.165, 1.54) is 17.8 Å². The van der Waals surface area contributed by atoms with E-state index in [0.29, 0.717) is 11.1 Å². The van der Waals surface area contributed by atoms with Gasteiger partial charge in [-0.2, -0.15) is 16.5 Å². The van der Waals surface area contributed by atoms with E-state index in [4.69, 9.17) is 0 Å². The molecule has 0 aliphatic rings. The average Bonchev–Trinajstić information content (AvgIpc) is 2.97. The molecule has 3 aromatic rings. The van der Waals surface area contributed by atoms with Gasteiger partial charge >= 0.3 is 5.97 Å². The summed E-state index contributed by atoms with van der Waals surface area (Å²) in [6.07, 6.45) is 2.33. The van der Waals surface area contributed by atoms with E-state index >= 15 is 0 Å². The first-order valence-electron chi connectivity index (χ1n) is 14.4. The predicted octanol–water partition coefficient (Wildman–Crippen LogP) is 3.65. The lowest BCUT2D eigenvalue weighted by Crippen LogP contribution is -2.56. The van der Waals surface area contributed by atoms with Crippen molar-refractivity contribution in [3.8, 4) is 0 Å². The van der Waals surface area contributed by atoms with Crippen LogP contribution in [0.5, 0.6) is 0 Å². The maximum absolute atomic E-state index is 13.7. The Hall–Kier alpha value is -3.61. The topological polar surface area (TPSA) is 145 Å². The van der Waals surface area contributed by atoms with Gasteiger partial charge in [-0.15, -0.1) is 0 Å². The number of benzene rings is 3. The Balaban J connectivity index is 1.86. The fraction of sp³-hybridized carbons (Fsp3) is 0.406. The number of sulfonamides is 1. The van der Waals surface area contributed by atoms with Gasteiger partial charge in [0.25, 0.3) is 0 Å². The monoisotopic (exact) mass is 642 g/mol. The lowest BCUT2D eigenvalue weighted by molar-refractivity contribution is -0.142. The molecular formula is C32H42N4O6S2. The van der Waals surface area contributed by atoms with Crippen molar-refractivity contribution in [1.82, 2.24) is 15.4 Å². The van der Waals surface area contributed by atoms with Crippen LogP contribution >= 0.6 is 11.8 Å². The van der Waals surface area contributed by atoms with E-state index in [1.54, 1.807) is 42.5 Å². The zero-order valence-electron chi connectivity index (χ0n) is 25.7. The number of hydrogen-bond acceptors (Lipinski definition) is 7. The molecule has 4 N–H and O–H groups in total. The van der Waals surface area contributed by atoms with E-state index in [9.17, 15) is 27.9 Å². The number of hydrogen-bond donors (Lipinski definition) is 4. The molecule has 0 aliphatic carbocycles. The lowest BCUT2D eigenvalue weighted by atomic mass is 10.0. The average molecular weight is 643 g/mol. The quantitative estimate of drug-likeness (QED) is 0.185. The van der Waals surface area contributed by atoms with Crippen molar-refractivity contribution in [3.63, 3.8) is 0 Å². The van der Waals surface area contributed by atoms with Crippen LogP contribution < -0.4 is 20.3 Å². The second kappa shape index (κ2) is 15.9. The molecule has 0 saturated carbocycles. The fourth-order valence-corrected chi connectivity index (χ4v) is 6.84. The maximum Gasteiger partial charge on any atom is 0.326 e. The van der Waals surface area contributed by atoms with Crippen molar-refractivity contribution in [2.24, 2.45) is 5.92 Å². The number of nitrogens with zero attached hydrogens (tertiary/aromatic N) is 1. The number of rotatable bonds is 16. The number of fused-ring (bicyclic) bond motifs is 1. The third-order valence-electron chi connectivity index (χ3n) is 7.09. The van der Waals surface area contributed by atoms with Crippen LogP contribution in [0.2, 0.25) is 0 Å². The summed E-state index contributed by atoms with van der Waals surface area (Å²) in [5.41, 5.74) is 1.59. The number of carbonyl (C=O) groups excluding carboxylic acids is 2. The minimum atomic E-state index is -4.16. The first-order chi connectivity index (χ1) is 20.8. The van der Waals surface area contributed by atoms with Gasteiger partial charge in [-0.05, 0) is 48.5 Å². The molecular weight excluding hydrogens is 601 g/mol. The Labute approximate surface area is 264 Å². The molecule has 10 nitrogen and oxygen atoms in total. The van der Waals surface area contributed by atoms with Crippen LogP contribution in [0, 0.1) is 5.92 Å². The molecule has 44 heavy (non-hydrogen) atoms. The van der Waals surface area contributed by atoms with Gasteiger partial charge in [0.1, 0.15) is 18.1 Å². The molecule has 3 rings (SSSR count). The Morgan fingerprint density at radius 2 is 1.45 bits per heavy atom. The highest BCUT2D eigenvalue weighted by atomic mass is 32.2. The van der Waals surface area contributed by atoms with Gasteiger partial charge in [-0.1, -0.05) is 68.4 Å². The summed E-state index contributed by atoms with van der Waals surface area (Å²) < 4.78 is 30.1. The SMILES string of the molecule is CSCCC(NS(=O)(=O)c1cccc2c(N(C)C)cccc12)C(=O)NC(CC(C)C)C(=O)NC(Cc1ccccc1)C(=O)O. The third kappa shape index (κ3) is 9.44. The molecule has 2 amide bonds. The largest absolute Gasteiger partial charge is 0.480 e. The van der Waals surface area contributed by atoms with Gasteiger partial charge in [0.2, 0.25) is 21.8 Å². The molecule has 3 atom stereocenters. The van der Waals surface area contributed by atoms with Crippen molar-refractivity contribution in [1.29, 1.82) is 0 Å². The van der Waals surface area contributed by atoms with Crippen LogP contribution in [-0.2, 0) is 30.8 Å². The molecule has 0 aromatic heterocycles. The van der Waals surface area contributed by atoms with Gasteiger partial charge in [0, 0.05) is 37.0 Å². The molecule has 0 bridgehead atoms. The molecule has 0 fully saturated rings. The number of carboxylic acid groups (broad SMARTS) is 1. The molecule has 238 valence electrons. The Morgan fingerprint density at radius 3 is 2.07 bits per heavy atom. The first kappa shape index (κ1) is 34.9. The molecule has 3 aromatic carbocycles. The molecule has 0 radical (unpaired) electrons. The number of nitrogens with one attached hydrogen (secondary N) is 3. The highest BCUT2D eigenvalue weighted by Crippen LogP contribution is 2.30. The van der Waals surface area contributed by atoms with Crippen LogP contribution in [-0.4, -0.2) is 75.5 Å². The van der Waals surface area contributed by atoms with Gasteiger partial charge < -0.3 is 20.6 Å². The molecule has 12 heteroatoms. The van der Waals surface area contributed by atoms with Gasteiger partial charge in [-0.3, -0.25) is 9.59 Å². The summed E-state index contributed by atoms with van der Waals surface area (Å²) in [4.78, 5) is 40.9. The maximum atomic E-state index is 13.7. The standard InChI is InChI=1S/C32H42N4O6S2/c1-21(2)19-26(31(38)34-27(32(39)40)20-22-11-7-6-8-12-22)33-30(37)25(17-18-43-5)35-44(41,42)29-16-10-13-23-24(29)14-9-15-28(23)36(3)4/h6-16,21,25-27,35H,17-20H2,1-5H3,(H,33,37)(H,34,38)(H,39,40). The summed E-state index contributed by atoms with van der Waals surface area (Å²) in [5, 5.41) is 16.3. The van der Waals surface area contributed by atoms with Gasteiger partial charge in [0.15, 0.2) is 0 Å². The van der Waals surface area contributed by atoms with E-state index in [1.807, 2.05) is 57.3 Å². The normalized spacial score (nSPS) is 13.7. The van der Waals surface area contributed by atoms with Crippen LogP contribution in [0.3, 0.4) is 0 Å². The van der Waals surface area contributed by atoms with Crippen molar-refractivity contribution >= 4 is 56.0 Å². The van der Waals surface area contributed by atoms with Crippen molar-refractivity contribution in [2.75, 3.05) is 31.0 Å². The van der Waals surface area contributed by atoms with E-state index in [2.05, 4.69) is 15.4 Å². The Morgan fingerprint density at radius 1 is 0.841 bits per heavy atom. The minimum absolute atomic E-state index is 0.0219. The molecule has 3 unspecified atom stereocenters. The second-order valence-electron chi connectivity index (χ2n) is 11.3. The minimum Gasteiger partial charge on any atom is -0.480 e. The first-order valence-corrected chi connectivity index (χ1v) is 17.3. The smallest absolute Gasteiger partial charge is 0.326 e. The molecule has 0 aliphatic heterocycles. The molecule has 0 heterocycles. The lowest BCUT2D eigenvalue weighted by Gasteiger charge is -2.25.